The second-order valence-corrected chi connectivity index (χ2v) is 9.02. The molecule has 0 saturated heterocycles. The summed E-state index contributed by atoms with van der Waals surface area (Å²) in [5.74, 6) is 2.23. The first-order valence-corrected chi connectivity index (χ1v) is 12.7. The fourth-order valence-corrected chi connectivity index (χ4v) is 4.42. The number of pyridine rings is 1. The van der Waals surface area contributed by atoms with Crippen molar-refractivity contribution < 1.29 is 23.7 Å². The van der Waals surface area contributed by atoms with Crippen LogP contribution in [-0.2, 0) is 6.61 Å². The Morgan fingerprint density at radius 2 is 1.75 bits per heavy atom. The molecule has 2 heterocycles. The molecule has 198 valence electrons. The Kier molecular flexibility index (Phi) is 6.96. The summed E-state index contributed by atoms with van der Waals surface area (Å²) in [6.45, 7) is 0.562. The van der Waals surface area contributed by atoms with Crippen molar-refractivity contribution in [3.05, 3.63) is 114 Å². The fourth-order valence-electron chi connectivity index (χ4n) is 4.42. The number of fused-ring (bicyclic) bond motifs is 2. The van der Waals surface area contributed by atoms with Gasteiger partial charge in [-0.05, 0) is 53.6 Å². The predicted molar refractivity (Wildman–Crippen MR) is 152 cm³/mol. The highest BCUT2D eigenvalue weighted by Gasteiger charge is 2.15. The molecule has 0 fully saturated rings. The van der Waals surface area contributed by atoms with E-state index in [0.717, 1.165) is 39.0 Å². The van der Waals surface area contributed by atoms with Crippen LogP contribution in [0, 0.1) is 0 Å². The maximum Gasteiger partial charge on any atom is 0.272 e. The van der Waals surface area contributed by atoms with E-state index in [-0.39, 0.29) is 12.7 Å². The number of ether oxygens (including phenoxy) is 4. The first-order chi connectivity index (χ1) is 19.7. The zero-order valence-corrected chi connectivity index (χ0v) is 21.7. The van der Waals surface area contributed by atoms with Crippen molar-refractivity contribution in [2.24, 2.45) is 5.10 Å². The van der Waals surface area contributed by atoms with Crippen molar-refractivity contribution in [3.8, 4) is 34.3 Å². The Morgan fingerprint density at radius 3 is 2.62 bits per heavy atom. The third-order valence-electron chi connectivity index (χ3n) is 6.43. The standard InChI is InChI=1S/C32H25N3O5/c1-37-30-15-21(11-13-28(30)38-19-22-12-14-29-31(16-22)40-20-39-29)18-33-35-32(36)25-17-27(23-7-3-2-4-8-23)34-26-10-6-5-9-24(25)26/h2-18H,19-20H2,1H3,(H,35,36)/b33-18+. The average molecular weight is 532 g/mol. The molecule has 5 aromatic rings. The third kappa shape index (κ3) is 5.28. The van der Waals surface area contributed by atoms with E-state index in [1.807, 2.05) is 78.9 Å². The average Bonchev–Trinajstić information content (AvgIpc) is 3.48. The number of hydrogen-bond donors (Lipinski definition) is 1. The second-order valence-electron chi connectivity index (χ2n) is 9.02. The number of amides is 1. The second kappa shape index (κ2) is 11.2. The first kappa shape index (κ1) is 24.9. The van der Waals surface area contributed by atoms with Gasteiger partial charge in [-0.25, -0.2) is 10.4 Å². The van der Waals surface area contributed by atoms with Gasteiger partial charge in [0.2, 0.25) is 6.79 Å². The monoisotopic (exact) mass is 531 g/mol. The Hall–Kier alpha value is -5.37. The molecule has 40 heavy (non-hydrogen) atoms. The molecule has 8 nitrogen and oxygen atoms in total. The van der Waals surface area contributed by atoms with Crippen LogP contribution in [0.3, 0.4) is 0 Å². The normalized spacial score (nSPS) is 12.0. The van der Waals surface area contributed by atoms with E-state index in [9.17, 15) is 4.79 Å². The summed E-state index contributed by atoms with van der Waals surface area (Å²) in [6, 6.07) is 30.2. The lowest BCUT2D eigenvalue weighted by atomic mass is 10.0. The van der Waals surface area contributed by atoms with Crippen molar-refractivity contribution in [2.75, 3.05) is 13.9 Å². The molecule has 0 saturated carbocycles. The topological polar surface area (TPSA) is 91.3 Å². The van der Waals surface area contributed by atoms with Gasteiger partial charge in [-0.15, -0.1) is 0 Å². The predicted octanol–water partition coefficient (Wildman–Crippen LogP) is 5.98. The number of hydrazone groups is 1. The van der Waals surface area contributed by atoms with Gasteiger partial charge in [0, 0.05) is 10.9 Å². The number of para-hydroxylation sites is 1. The van der Waals surface area contributed by atoms with Crippen molar-refractivity contribution >= 4 is 23.0 Å². The Bertz CT molecular complexity index is 1720. The number of aromatic nitrogens is 1. The number of nitrogens with zero attached hydrogens (tertiary/aromatic N) is 2. The molecular formula is C32H25N3O5. The molecule has 0 aliphatic carbocycles. The van der Waals surface area contributed by atoms with E-state index >= 15 is 0 Å². The number of carbonyl (C=O) groups excluding carboxylic acids is 1. The third-order valence-corrected chi connectivity index (χ3v) is 6.43. The Morgan fingerprint density at radius 1 is 0.925 bits per heavy atom. The zero-order chi connectivity index (χ0) is 27.3. The van der Waals surface area contributed by atoms with Crippen LogP contribution in [0.25, 0.3) is 22.2 Å². The molecule has 4 aromatic carbocycles. The van der Waals surface area contributed by atoms with Gasteiger partial charge in [-0.1, -0.05) is 54.6 Å². The SMILES string of the molecule is COc1cc(/C=N/NC(=O)c2cc(-c3ccccc3)nc3ccccc23)ccc1OCc1ccc2c(c1)OCO2. The molecule has 1 aromatic heterocycles. The minimum atomic E-state index is -0.331. The summed E-state index contributed by atoms with van der Waals surface area (Å²) in [5, 5.41) is 4.94. The molecule has 1 amide bonds. The maximum atomic E-state index is 13.2. The smallest absolute Gasteiger partial charge is 0.272 e. The summed E-state index contributed by atoms with van der Waals surface area (Å²) >= 11 is 0. The van der Waals surface area contributed by atoms with Gasteiger partial charge in [0.25, 0.3) is 5.91 Å². The van der Waals surface area contributed by atoms with E-state index < -0.39 is 0 Å². The number of methoxy groups -OCH3 is 1. The molecule has 0 unspecified atom stereocenters. The molecule has 0 bridgehead atoms. The van der Waals surface area contributed by atoms with Gasteiger partial charge in [-0.2, -0.15) is 5.10 Å². The molecule has 0 radical (unpaired) electrons. The zero-order valence-electron chi connectivity index (χ0n) is 21.7. The van der Waals surface area contributed by atoms with Crippen LogP contribution in [0.4, 0.5) is 0 Å². The van der Waals surface area contributed by atoms with Crippen LogP contribution in [0.5, 0.6) is 23.0 Å². The molecule has 0 spiro atoms. The summed E-state index contributed by atoms with van der Waals surface area (Å²) in [7, 11) is 1.57. The van der Waals surface area contributed by atoms with Crippen LogP contribution in [0.15, 0.2) is 102 Å². The maximum absolute atomic E-state index is 13.2. The molecule has 8 heteroatoms. The fraction of sp³-hybridized carbons (Fsp3) is 0.0938. The summed E-state index contributed by atoms with van der Waals surface area (Å²) < 4.78 is 22.3. The minimum absolute atomic E-state index is 0.227. The van der Waals surface area contributed by atoms with E-state index in [1.54, 1.807) is 31.5 Å². The van der Waals surface area contributed by atoms with Crippen molar-refractivity contribution in [2.45, 2.75) is 6.61 Å². The van der Waals surface area contributed by atoms with Crippen LogP contribution in [0.2, 0.25) is 0 Å². The van der Waals surface area contributed by atoms with Crippen LogP contribution in [-0.4, -0.2) is 31.0 Å². The van der Waals surface area contributed by atoms with Gasteiger partial charge in [-0.3, -0.25) is 4.79 Å². The van der Waals surface area contributed by atoms with Crippen LogP contribution in [0.1, 0.15) is 21.5 Å². The van der Waals surface area contributed by atoms with Crippen LogP contribution >= 0.6 is 0 Å². The van der Waals surface area contributed by atoms with Crippen molar-refractivity contribution in [1.82, 2.24) is 10.4 Å². The van der Waals surface area contributed by atoms with E-state index in [2.05, 4.69) is 10.5 Å². The highest BCUT2D eigenvalue weighted by molar-refractivity contribution is 6.07. The Labute approximate surface area is 230 Å². The van der Waals surface area contributed by atoms with E-state index in [1.165, 1.54) is 0 Å². The van der Waals surface area contributed by atoms with Crippen molar-refractivity contribution in [3.63, 3.8) is 0 Å². The minimum Gasteiger partial charge on any atom is -0.493 e. The molecule has 0 atom stereocenters. The molecule has 6 rings (SSSR count). The first-order valence-electron chi connectivity index (χ1n) is 12.7. The van der Waals surface area contributed by atoms with Gasteiger partial charge in [0.05, 0.1) is 30.1 Å². The summed E-state index contributed by atoms with van der Waals surface area (Å²) in [6.07, 6.45) is 1.56. The number of carbonyl (C=O) groups is 1. The van der Waals surface area contributed by atoms with Gasteiger partial charge in [0.15, 0.2) is 23.0 Å². The van der Waals surface area contributed by atoms with Gasteiger partial charge in [0.1, 0.15) is 6.61 Å². The van der Waals surface area contributed by atoms with Crippen molar-refractivity contribution in [1.29, 1.82) is 0 Å². The number of nitrogens with one attached hydrogen (secondary N) is 1. The molecule has 1 aliphatic rings. The molecular weight excluding hydrogens is 506 g/mol. The number of rotatable bonds is 8. The molecule has 1 N–H and O–H groups in total. The summed E-state index contributed by atoms with van der Waals surface area (Å²) in [4.78, 5) is 17.9. The largest absolute Gasteiger partial charge is 0.493 e. The lowest BCUT2D eigenvalue weighted by molar-refractivity contribution is 0.0956. The quantitative estimate of drug-likeness (QED) is 0.196. The van der Waals surface area contributed by atoms with E-state index in [0.29, 0.717) is 29.4 Å². The van der Waals surface area contributed by atoms with Crippen LogP contribution < -0.4 is 24.4 Å². The lowest BCUT2D eigenvalue weighted by Gasteiger charge is -2.12. The molecule has 1 aliphatic heterocycles. The van der Waals surface area contributed by atoms with E-state index in [4.69, 9.17) is 23.9 Å². The summed E-state index contributed by atoms with van der Waals surface area (Å²) in [5.41, 5.74) is 7.20. The number of hydrogen-bond acceptors (Lipinski definition) is 7. The highest BCUT2D eigenvalue weighted by atomic mass is 16.7. The highest BCUT2D eigenvalue weighted by Crippen LogP contribution is 2.34. The lowest BCUT2D eigenvalue weighted by Crippen LogP contribution is -2.18. The van der Waals surface area contributed by atoms with Gasteiger partial charge < -0.3 is 18.9 Å². The Balaban J connectivity index is 1.16. The van der Waals surface area contributed by atoms with Gasteiger partial charge >= 0.3 is 0 Å². The number of benzene rings is 4.